The summed E-state index contributed by atoms with van der Waals surface area (Å²) in [5.74, 6) is 0.407. The van der Waals surface area contributed by atoms with Gasteiger partial charge in [-0.1, -0.05) is 25.2 Å². The Morgan fingerprint density at radius 2 is 2.22 bits per heavy atom. The highest BCUT2D eigenvalue weighted by molar-refractivity contribution is 7.15. The van der Waals surface area contributed by atoms with Crippen molar-refractivity contribution in [2.45, 2.75) is 39.2 Å². The first-order valence-electron chi connectivity index (χ1n) is 6.44. The second-order valence-corrected chi connectivity index (χ2v) is 5.60. The molecule has 104 valence electrons. The lowest BCUT2D eigenvalue weighted by Crippen LogP contribution is -2.19. The molecule has 0 saturated carbocycles. The van der Waals surface area contributed by atoms with Crippen LogP contribution in [0.25, 0.3) is 0 Å². The molecule has 0 aliphatic heterocycles. The quantitative estimate of drug-likeness (QED) is 0.739. The summed E-state index contributed by atoms with van der Waals surface area (Å²) in [6.07, 6.45) is 2.03. The van der Waals surface area contributed by atoms with Crippen molar-refractivity contribution in [3.05, 3.63) is 10.6 Å². The Bertz CT molecular complexity index is 355. The maximum Gasteiger partial charge on any atom is 0.185 e. The van der Waals surface area contributed by atoms with Gasteiger partial charge in [0.25, 0.3) is 0 Å². The average molecular weight is 272 g/mol. The number of methoxy groups -OCH3 is 1. The third-order valence-corrected chi connectivity index (χ3v) is 4.28. The van der Waals surface area contributed by atoms with Crippen LogP contribution >= 0.6 is 11.3 Å². The van der Waals surface area contributed by atoms with Gasteiger partial charge in [0.15, 0.2) is 5.13 Å². The zero-order valence-corrected chi connectivity index (χ0v) is 12.6. The van der Waals surface area contributed by atoms with Crippen molar-refractivity contribution in [1.29, 1.82) is 0 Å². The first-order valence-corrected chi connectivity index (χ1v) is 7.26. The van der Waals surface area contributed by atoms with E-state index >= 15 is 0 Å². The second-order valence-electron chi connectivity index (χ2n) is 4.54. The fourth-order valence-electron chi connectivity index (χ4n) is 1.75. The molecule has 0 aliphatic carbocycles. The van der Waals surface area contributed by atoms with Crippen LogP contribution in [-0.4, -0.2) is 37.4 Å². The molecule has 0 bridgehead atoms. The SMILES string of the molecule is CCC(C)c1nc(N(C)CCCOC)sc1CO. The number of hydrogen-bond acceptors (Lipinski definition) is 5. The van der Waals surface area contributed by atoms with E-state index in [0.29, 0.717) is 5.92 Å². The molecule has 0 aliphatic rings. The molecular formula is C13H24N2O2S. The van der Waals surface area contributed by atoms with Gasteiger partial charge in [-0.05, 0) is 18.8 Å². The van der Waals surface area contributed by atoms with Crippen LogP contribution in [-0.2, 0) is 11.3 Å². The van der Waals surface area contributed by atoms with Gasteiger partial charge in [-0.3, -0.25) is 0 Å². The Kier molecular flexibility index (Phi) is 6.60. The molecule has 1 unspecified atom stereocenters. The Balaban J connectivity index is 2.74. The summed E-state index contributed by atoms with van der Waals surface area (Å²) in [5, 5.41) is 10.4. The Labute approximate surface area is 114 Å². The molecule has 1 heterocycles. The normalized spacial score (nSPS) is 12.7. The predicted octanol–water partition coefficient (Wildman–Crippen LogP) is 2.62. The molecule has 0 spiro atoms. The molecule has 5 heteroatoms. The number of thiazole rings is 1. The lowest BCUT2D eigenvalue weighted by molar-refractivity contribution is 0.196. The monoisotopic (exact) mass is 272 g/mol. The van der Waals surface area contributed by atoms with E-state index in [9.17, 15) is 5.11 Å². The van der Waals surface area contributed by atoms with Crippen LogP contribution in [0.3, 0.4) is 0 Å². The molecule has 0 saturated heterocycles. The molecule has 0 radical (unpaired) electrons. The minimum absolute atomic E-state index is 0.0866. The minimum Gasteiger partial charge on any atom is -0.391 e. The molecule has 1 rings (SSSR count). The van der Waals surface area contributed by atoms with E-state index in [1.54, 1.807) is 18.4 Å². The third-order valence-electron chi connectivity index (χ3n) is 3.11. The van der Waals surface area contributed by atoms with Crippen molar-refractivity contribution in [3.8, 4) is 0 Å². The second kappa shape index (κ2) is 7.71. The molecular weight excluding hydrogens is 248 g/mol. The zero-order chi connectivity index (χ0) is 13.5. The summed E-state index contributed by atoms with van der Waals surface area (Å²) in [7, 11) is 3.75. The van der Waals surface area contributed by atoms with Gasteiger partial charge in [-0.15, -0.1) is 0 Å². The van der Waals surface area contributed by atoms with Crippen LogP contribution in [0.1, 0.15) is 43.2 Å². The summed E-state index contributed by atoms with van der Waals surface area (Å²) < 4.78 is 5.05. The first-order chi connectivity index (χ1) is 8.63. The third kappa shape index (κ3) is 3.93. The number of aromatic nitrogens is 1. The van der Waals surface area contributed by atoms with Crippen LogP contribution < -0.4 is 4.90 Å². The van der Waals surface area contributed by atoms with Gasteiger partial charge in [-0.25, -0.2) is 4.98 Å². The van der Waals surface area contributed by atoms with Gasteiger partial charge < -0.3 is 14.7 Å². The van der Waals surface area contributed by atoms with Gasteiger partial charge >= 0.3 is 0 Å². The van der Waals surface area contributed by atoms with Gasteiger partial charge in [0.05, 0.1) is 17.2 Å². The fourth-order valence-corrected chi connectivity index (χ4v) is 2.77. The fraction of sp³-hybridized carbons (Fsp3) is 0.769. The predicted molar refractivity (Wildman–Crippen MR) is 76.5 cm³/mol. The van der Waals surface area contributed by atoms with E-state index in [2.05, 4.69) is 23.7 Å². The molecule has 0 amide bonds. The maximum atomic E-state index is 9.40. The van der Waals surface area contributed by atoms with Crippen LogP contribution in [0, 0.1) is 0 Å². The lowest BCUT2D eigenvalue weighted by atomic mass is 10.0. The Morgan fingerprint density at radius 3 is 2.78 bits per heavy atom. The van der Waals surface area contributed by atoms with Crippen LogP contribution in [0.4, 0.5) is 5.13 Å². The summed E-state index contributed by atoms with van der Waals surface area (Å²) in [6, 6.07) is 0. The summed E-state index contributed by atoms with van der Waals surface area (Å²) >= 11 is 1.59. The largest absolute Gasteiger partial charge is 0.391 e. The van der Waals surface area contributed by atoms with Crippen LogP contribution in [0.2, 0.25) is 0 Å². The molecule has 1 atom stereocenters. The summed E-state index contributed by atoms with van der Waals surface area (Å²) in [5.41, 5.74) is 1.05. The molecule has 1 aromatic rings. The van der Waals surface area contributed by atoms with E-state index in [4.69, 9.17) is 4.74 Å². The Morgan fingerprint density at radius 1 is 1.50 bits per heavy atom. The number of aliphatic hydroxyl groups is 1. The lowest BCUT2D eigenvalue weighted by Gasteiger charge is -2.15. The standard InChI is InChI=1S/C13H24N2O2S/c1-5-10(2)12-11(9-16)18-13(14-12)15(3)7-6-8-17-4/h10,16H,5-9H2,1-4H3. The smallest absolute Gasteiger partial charge is 0.185 e. The highest BCUT2D eigenvalue weighted by atomic mass is 32.1. The van der Waals surface area contributed by atoms with E-state index in [-0.39, 0.29) is 6.61 Å². The summed E-state index contributed by atoms with van der Waals surface area (Å²) in [6.45, 7) is 6.08. The molecule has 0 fully saturated rings. The van der Waals surface area contributed by atoms with Gasteiger partial charge in [-0.2, -0.15) is 0 Å². The highest BCUT2D eigenvalue weighted by Crippen LogP contribution is 2.31. The molecule has 1 N–H and O–H groups in total. The number of ether oxygens (including phenoxy) is 1. The van der Waals surface area contributed by atoms with E-state index < -0.39 is 0 Å². The number of rotatable bonds is 8. The van der Waals surface area contributed by atoms with Crippen molar-refractivity contribution in [2.75, 3.05) is 32.2 Å². The van der Waals surface area contributed by atoms with Crippen molar-refractivity contribution in [2.24, 2.45) is 0 Å². The number of hydrogen-bond donors (Lipinski definition) is 1. The maximum absolute atomic E-state index is 9.40. The van der Waals surface area contributed by atoms with Gasteiger partial charge in [0.1, 0.15) is 0 Å². The van der Waals surface area contributed by atoms with Gasteiger partial charge in [0, 0.05) is 27.3 Å². The van der Waals surface area contributed by atoms with Crippen molar-refractivity contribution >= 4 is 16.5 Å². The number of aliphatic hydroxyl groups excluding tert-OH is 1. The van der Waals surface area contributed by atoms with Crippen LogP contribution in [0.15, 0.2) is 0 Å². The molecule has 0 aromatic carbocycles. The topological polar surface area (TPSA) is 45.6 Å². The Hall–Kier alpha value is -0.650. The average Bonchev–Trinajstić information content (AvgIpc) is 2.82. The number of anilines is 1. The van der Waals surface area contributed by atoms with E-state index in [0.717, 1.165) is 41.7 Å². The van der Waals surface area contributed by atoms with Crippen LogP contribution in [0.5, 0.6) is 0 Å². The first kappa shape index (κ1) is 15.4. The van der Waals surface area contributed by atoms with E-state index in [1.807, 2.05) is 7.05 Å². The zero-order valence-electron chi connectivity index (χ0n) is 11.8. The molecule has 1 aromatic heterocycles. The van der Waals surface area contributed by atoms with Crippen molar-refractivity contribution in [3.63, 3.8) is 0 Å². The van der Waals surface area contributed by atoms with E-state index in [1.165, 1.54) is 0 Å². The molecule has 4 nitrogen and oxygen atoms in total. The molecule has 18 heavy (non-hydrogen) atoms. The summed E-state index contributed by atoms with van der Waals surface area (Å²) in [4.78, 5) is 7.81. The van der Waals surface area contributed by atoms with Crippen molar-refractivity contribution < 1.29 is 9.84 Å². The van der Waals surface area contributed by atoms with Gasteiger partial charge in [0.2, 0.25) is 0 Å². The highest BCUT2D eigenvalue weighted by Gasteiger charge is 2.17. The minimum atomic E-state index is 0.0866. The number of nitrogens with zero attached hydrogens (tertiary/aromatic N) is 2. The van der Waals surface area contributed by atoms with Crippen molar-refractivity contribution in [1.82, 2.24) is 4.98 Å².